The molecule has 19 heavy (non-hydrogen) atoms. The molecular weight excluding hydrogens is 242 g/mol. The molecule has 100 valence electrons. The van der Waals surface area contributed by atoms with Gasteiger partial charge in [-0.25, -0.2) is 0 Å². The molecule has 6 nitrogen and oxygen atoms in total. The van der Waals surface area contributed by atoms with E-state index in [-0.39, 0.29) is 11.9 Å². The lowest BCUT2D eigenvalue weighted by molar-refractivity contribution is 0.0721. The van der Waals surface area contributed by atoms with Crippen LogP contribution in [0.4, 0.5) is 0 Å². The van der Waals surface area contributed by atoms with Crippen LogP contribution >= 0.6 is 0 Å². The third kappa shape index (κ3) is 1.93. The van der Waals surface area contributed by atoms with E-state index in [4.69, 9.17) is 0 Å². The number of aromatic amines is 1. The highest BCUT2D eigenvalue weighted by Gasteiger charge is 2.33. The third-order valence-electron chi connectivity index (χ3n) is 3.75. The van der Waals surface area contributed by atoms with Gasteiger partial charge in [0.2, 0.25) is 0 Å². The molecule has 0 aromatic carbocycles. The van der Waals surface area contributed by atoms with Crippen molar-refractivity contribution < 1.29 is 4.79 Å². The monoisotopic (exact) mass is 259 g/mol. The normalized spacial score (nSPS) is 19.1. The Hall–Kier alpha value is -2.11. The quantitative estimate of drug-likeness (QED) is 0.887. The van der Waals surface area contributed by atoms with E-state index in [1.165, 1.54) is 0 Å². The Bertz CT molecular complexity index is 600. The van der Waals surface area contributed by atoms with Crippen molar-refractivity contribution in [3.8, 4) is 0 Å². The molecule has 1 amide bonds. The number of hydrogen-bond acceptors (Lipinski definition) is 3. The number of hydrogen-bond donors (Lipinski definition) is 1. The number of carbonyl (C=O) groups is 1. The summed E-state index contributed by atoms with van der Waals surface area (Å²) in [5, 5.41) is 11.1. The number of rotatable bonds is 2. The van der Waals surface area contributed by atoms with Gasteiger partial charge in [-0.3, -0.25) is 14.6 Å². The highest BCUT2D eigenvalue weighted by atomic mass is 16.2. The Morgan fingerprint density at radius 1 is 1.53 bits per heavy atom. The summed E-state index contributed by atoms with van der Waals surface area (Å²) in [5.74, 6) is 0.0384. The lowest BCUT2D eigenvalue weighted by Gasteiger charge is -2.24. The topological polar surface area (TPSA) is 66.8 Å². The van der Waals surface area contributed by atoms with E-state index in [9.17, 15) is 4.79 Å². The summed E-state index contributed by atoms with van der Waals surface area (Å²) in [6, 6.07) is 1.86. The first kappa shape index (κ1) is 12.0. The maximum absolute atomic E-state index is 12.6. The van der Waals surface area contributed by atoms with Gasteiger partial charge in [-0.15, -0.1) is 0 Å². The van der Waals surface area contributed by atoms with Crippen LogP contribution in [0.15, 0.2) is 18.5 Å². The molecule has 0 spiro atoms. The van der Waals surface area contributed by atoms with E-state index in [0.717, 1.165) is 30.6 Å². The number of nitrogens with one attached hydrogen (secondary N) is 1. The Kier molecular flexibility index (Phi) is 2.85. The minimum Gasteiger partial charge on any atom is -0.329 e. The van der Waals surface area contributed by atoms with E-state index >= 15 is 0 Å². The first-order valence-electron chi connectivity index (χ1n) is 6.47. The van der Waals surface area contributed by atoms with Gasteiger partial charge in [-0.1, -0.05) is 0 Å². The summed E-state index contributed by atoms with van der Waals surface area (Å²) >= 11 is 0. The first-order chi connectivity index (χ1) is 9.18. The molecule has 0 radical (unpaired) electrons. The second kappa shape index (κ2) is 4.53. The van der Waals surface area contributed by atoms with Crippen LogP contribution < -0.4 is 0 Å². The summed E-state index contributed by atoms with van der Waals surface area (Å²) in [5.41, 5.74) is 2.78. The lowest BCUT2D eigenvalue weighted by atomic mass is 10.1. The fraction of sp³-hybridized carbons (Fsp3) is 0.462. The molecule has 0 unspecified atom stereocenters. The number of H-pyrrole nitrogens is 1. The maximum Gasteiger partial charge on any atom is 0.272 e. The van der Waals surface area contributed by atoms with Gasteiger partial charge >= 0.3 is 0 Å². The molecule has 3 heterocycles. The Morgan fingerprint density at radius 2 is 2.37 bits per heavy atom. The Balaban J connectivity index is 1.90. The standard InChI is InChI=1S/C13H17N5O/c1-9-8-14-16-12(9)10-4-3-7-18(10)13(19)11-5-6-15-17(11)2/h5-6,8,10H,3-4,7H2,1-2H3,(H,14,16)/t10-/m1/s1. The van der Waals surface area contributed by atoms with Gasteiger partial charge in [0.05, 0.1) is 17.9 Å². The summed E-state index contributed by atoms with van der Waals surface area (Å²) in [6.07, 6.45) is 5.46. The van der Waals surface area contributed by atoms with Crippen LogP contribution in [0, 0.1) is 6.92 Å². The molecule has 2 aromatic heterocycles. The molecule has 1 atom stereocenters. The van der Waals surface area contributed by atoms with Crippen LogP contribution in [-0.4, -0.2) is 37.3 Å². The first-order valence-corrected chi connectivity index (χ1v) is 6.47. The fourth-order valence-electron chi connectivity index (χ4n) is 2.73. The van der Waals surface area contributed by atoms with Gasteiger partial charge < -0.3 is 4.90 Å². The number of aromatic nitrogens is 4. The molecule has 0 aliphatic carbocycles. The molecule has 6 heteroatoms. The van der Waals surface area contributed by atoms with Crippen LogP contribution in [0.25, 0.3) is 0 Å². The minimum atomic E-state index is 0.0384. The van der Waals surface area contributed by atoms with Crippen molar-refractivity contribution in [2.45, 2.75) is 25.8 Å². The number of aryl methyl sites for hydroxylation is 2. The molecule has 1 fully saturated rings. The van der Waals surface area contributed by atoms with E-state index < -0.39 is 0 Å². The van der Waals surface area contributed by atoms with Gasteiger partial charge in [-0.2, -0.15) is 10.2 Å². The largest absolute Gasteiger partial charge is 0.329 e. The van der Waals surface area contributed by atoms with E-state index in [2.05, 4.69) is 15.3 Å². The highest BCUT2D eigenvalue weighted by Crippen LogP contribution is 2.33. The smallest absolute Gasteiger partial charge is 0.272 e. The van der Waals surface area contributed by atoms with Crippen molar-refractivity contribution in [1.29, 1.82) is 0 Å². The van der Waals surface area contributed by atoms with Gasteiger partial charge in [0.25, 0.3) is 5.91 Å². The van der Waals surface area contributed by atoms with Crippen molar-refractivity contribution in [1.82, 2.24) is 24.9 Å². The van der Waals surface area contributed by atoms with E-state index in [0.29, 0.717) is 5.69 Å². The van der Waals surface area contributed by atoms with Crippen molar-refractivity contribution in [3.63, 3.8) is 0 Å². The van der Waals surface area contributed by atoms with Gasteiger partial charge in [-0.05, 0) is 31.4 Å². The molecular formula is C13H17N5O. The van der Waals surface area contributed by atoms with Crippen LogP contribution in [0.5, 0.6) is 0 Å². The number of nitrogens with zero attached hydrogens (tertiary/aromatic N) is 4. The maximum atomic E-state index is 12.6. The molecule has 0 bridgehead atoms. The predicted octanol–water partition coefficient (Wildman–Crippen LogP) is 1.43. The summed E-state index contributed by atoms with van der Waals surface area (Å²) in [7, 11) is 1.79. The SMILES string of the molecule is Cc1cn[nH]c1[C@H]1CCCN1C(=O)c1ccnn1C. The average Bonchev–Trinajstić information content (AvgIpc) is 3.07. The predicted molar refractivity (Wildman–Crippen MR) is 69.5 cm³/mol. The van der Waals surface area contributed by atoms with Crippen molar-refractivity contribution in [2.75, 3.05) is 6.54 Å². The van der Waals surface area contributed by atoms with E-state index in [1.54, 1.807) is 30.2 Å². The van der Waals surface area contributed by atoms with Gasteiger partial charge in [0, 0.05) is 19.8 Å². The zero-order valence-corrected chi connectivity index (χ0v) is 11.1. The molecule has 1 aliphatic rings. The van der Waals surface area contributed by atoms with Crippen molar-refractivity contribution in [3.05, 3.63) is 35.4 Å². The molecule has 2 aromatic rings. The number of amides is 1. The summed E-state index contributed by atoms with van der Waals surface area (Å²) in [6.45, 7) is 2.80. The molecule has 1 saturated heterocycles. The van der Waals surface area contributed by atoms with E-state index in [1.807, 2.05) is 11.8 Å². The summed E-state index contributed by atoms with van der Waals surface area (Å²) < 4.78 is 1.62. The third-order valence-corrected chi connectivity index (χ3v) is 3.75. The number of carbonyl (C=O) groups excluding carboxylic acids is 1. The minimum absolute atomic E-state index is 0.0384. The summed E-state index contributed by atoms with van der Waals surface area (Å²) in [4.78, 5) is 14.5. The molecule has 1 N–H and O–H groups in total. The molecule has 3 rings (SSSR count). The zero-order valence-electron chi connectivity index (χ0n) is 11.1. The average molecular weight is 259 g/mol. The molecule has 0 saturated carbocycles. The number of likely N-dealkylation sites (tertiary alicyclic amines) is 1. The second-order valence-electron chi connectivity index (χ2n) is 4.96. The van der Waals surface area contributed by atoms with Crippen LogP contribution in [0.1, 0.15) is 40.6 Å². The fourth-order valence-corrected chi connectivity index (χ4v) is 2.73. The zero-order chi connectivity index (χ0) is 13.4. The van der Waals surface area contributed by atoms with Gasteiger partial charge in [0.15, 0.2) is 0 Å². The van der Waals surface area contributed by atoms with Crippen molar-refractivity contribution in [2.24, 2.45) is 7.05 Å². The van der Waals surface area contributed by atoms with Crippen LogP contribution in [-0.2, 0) is 7.05 Å². The highest BCUT2D eigenvalue weighted by molar-refractivity contribution is 5.93. The van der Waals surface area contributed by atoms with Crippen LogP contribution in [0.3, 0.4) is 0 Å². The lowest BCUT2D eigenvalue weighted by Crippen LogP contribution is -2.32. The van der Waals surface area contributed by atoms with Crippen molar-refractivity contribution >= 4 is 5.91 Å². The Labute approximate surface area is 111 Å². The van der Waals surface area contributed by atoms with Gasteiger partial charge in [0.1, 0.15) is 5.69 Å². The Morgan fingerprint density at radius 3 is 3.00 bits per heavy atom. The molecule has 1 aliphatic heterocycles. The van der Waals surface area contributed by atoms with Crippen LogP contribution in [0.2, 0.25) is 0 Å². The second-order valence-corrected chi connectivity index (χ2v) is 4.96.